The van der Waals surface area contributed by atoms with Crippen LogP contribution in [0.1, 0.15) is 140 Å². The Labute approximate surface area is 296 Å². The number of likely N-dealkylation sites (tertiary alicyclic amines) is 2. The Morgan fingerprint density at radius 1 is 0.583 bits per heavy atom. The van der Waals surface area contributed by atoms with Crippen LogP contribution in [0, 0.1) is 28.1 Å². The maximum atomic E-state index is 12.8. The molecule has 0 aliphatic carbocycles. The van der Waals surface area contributed by atoms with E-state index in [0.717, 1.165) is 77.2 Å². The molecule has 1 N–H and O–H groups in total. The summed E-state index contributed by atoms with van der Waals surface area (Å²) in [5.74, 6) is 1.94. The van der Waals surface area contributed by atoms with Crippen molar-refractivity contribution < 1.29 is 23.8 Å². The first-order valence-corrected chi connectivity index (χ1v) is 19.4. The van der Waals surface area contributed by atoms with Crippen LogP contribution in [0.25, 0.3) is 0 Å². The number of nitrogens with zero attached hydrogens (tertiary/aromatic N) is 2. The third-order valence-electron chi connectivity index (χ3n) is 11.1. The van der Waals surface area contributed by atoms with E-state index in [0.29, 0.717) is 69.7 Å². The van der Waals surface area contributed by atoms with Crippen molar-refractivity contribution in [3.05, 3.63) is 0 Å². The minimum absolute atomic E-state index is 0.110. The quantitative estimate of drug-likeness (QED) is 0.125. The molecule has 2 fully saturated rings. The van der Waals surface area contributed by atoms with Crippen LogP contribution >= 0.6 is 0 Å². The number of piperidine rings is 2. The van der Waals surface area contributed by atoms with Gasteiger partial charge in [0.1, 0.15) is 0 Å². The highest BCUT2D eigenvalue weighted by molar-refractivity contribution is 5.76. The fourth-order valence-corrected chi connectivity index (χ4v) is 7.29. The Kier molecular flexibility index (Phi) is 18.4. The second-order valence-corrected chi connectivity index (χ2v) is 18.3. The van der Waals surface area contributed by atoms with Crippen molar-refractivity contribution in [3.63, 3.8) is 0 Å². The molecule has 8 nitrogen and oxygen atoms in total. The molecule has 0 radical (unpaired) electrons. The summed E-state index contributed by atoms with van der Waals surface area (Å²) < 4.78 is 16.8. The zero-order valence-electron chi connectivity index (χ0n) is 33.1. The number of unbranched alkanes of at least 4 members (excludes halogenated alkanes) is 1. The third-order valence-corrected chi connectivity index (χ3v) is 11.1. The molecule has 2 amide bonds. The van der Waals surface area contributed by atoms with Crippen molar-refractivity contribution in [1.82, 2.24) is 15.1 Å². The van der Waals surface area contributed by atoms with Gasteiger partial charge in [0.2, 0.25) is 11.8 Å². The average Bonchev–Trinajstić information content (AvgIpc) is 3.02. The average molecular weight is 680 g/mol. The van der Waals surface area contributed by atoms with Gasteiger partial charge in [-0.3, -0.25) is 9.59 Å². The Bertz CT molecular complexity index is 907. The zero-order valence-corrected chi connectivity index (χ0v) is 33.1. The SMILES string of the molecule is CC(C)(CCCCC(=O)N1CCC(C(C)(C)C)CC1)CCC(C)(C)C1CCN(C(=O)CCOCCOCCOCCNC(C)(C)C)CC1. The molecule has 0 aromatic carbocycles. The number of nitrogens with one attached hydrogen (secondary N) is 1. The van der Waals surface area contributed by atoms with E-state index < -0.39 is 0 Å². The van der Waals surface area contributed by atoms with Crippen molar-refractivity contribution in [2.24, 2.45) is 28.1 Å². The normalized spacial score (nSPS) is 17.7. The predicted molar refractivity (Wildman–Crippen MR) is 198 cm³/mol. The summed E-state index contributed by atoms with van der Waals surface area (Å²) in [7, 11) is 0. The van der Waals surface area contributed by atoms with E-state index in [-0.39, 0.29) is 22.3 Å². The van der Waals surface area contributed by atoms with Gasteiger partial charge in [0, 0.05) is 44.7 Å². The van der Waals surface area contributed by atoms with Gasteiger partial charge < -0.3 is 29.3 Å². The number of hydrogen-bond acceptors (Lipinski definition) is 6. The van der Waals surface area contributed by atoms with Gasteiger partial charge in [-0.2, -0.15) is 0 Å². The number of hydrogen-bond donors (Lipinski definition) is 1. The molecule has 0 saturated carbocycles. The summed E-state index contributed by atoms with van der Waals surface area (Å²) in [6, 6.07) is 0. The monoisotopic (exact) mass is 680 g/mol. The molecule has 2 aliphatic heterocycles. The molecule has 2 heterocycles. The molecule has 0 atom stereocenters. The maximum Gasteiger partial charge on any atom is 0.224 e. The van der Waals surface area contributed by atoms with Crippen molar-refractivity contribution in [2.45, 2.75) is 145 Å². The van der Waals surface area contributed by atoms with E-state index in [1.807, 2.05) is 4.90 Å². The molecule has 0 unspecified atom stereocenters. The maximum absolute atomic E-state index is 12.8. The third kappa shape index (κ3) is 17.6. The number of carbonyl (C=O) groups is 2. The van der Waals surface area contributed by atoms with E-state index in [1.165, 1.54) is 19.3 Å². The van der Waals surface area contributed by atoms with Crippen LogP contribution in [-0.4, -0.2) is 99.5 Å². The molecule has 2 rings (SSSR count). The molecule has 0 aromatic rings. The summed E-state index contributed by atoms with van der Waals surface area (Å²) in [5.41, 5.74) is 1.00. The Hall–Kier alpha value is -1.22. The molecule has 2 saturated heterocycles. The Morgan fingerprint density at radius 2 is 1.06 bits per heavy atom. The van der Waals surface area contributed by atoms with Crippen molar-refractivity contribution in [2.75, 3.05) is 72.4 Å². The number of rotatable bonds is 21. The van der Waals surface area contributed by atoms with Gasteiger partial charge in [0.05, 0.1) is 46.1 Å². The molecule has 0 bridgehead atoms. The molecule has 48 heavy (non-hydrogen) atoms. The van der Waals surface area contributed by atoms with Gasteiger partial charge in [-0.25, -0.2) is 0 Å². The lowest BCUT2D eigenvalue weighted by molar-refractivity contribution is -0.135. The van der Waals surface area contributed by atoms with E-state index in [2.05, 4.69) is 79.5 Å². The molecule has 282 valence electrons. The van der Waals surface area contributed by atoms with Crippen LogP contribution in [0.15, 0.2) is 0 Å². The largest absolute Gasteiger partial charge is 0.379 e. The fourth-order valence-electron chi connectivity index (χ4n) is 7.29. The highest BCUT2D eigenvalue weighted by Gasteiger charge is 2.35. The second-order valence-electron chi connectivity index (χ2n) is 18.3. The lowest BCUT2D eigenvalue weighted by atomic mass is 9.68. The molecule has 0 spiro atoms. The number of carbonyl (C=O) groups excluding carboxylic acids is 2. The summed E-state index contributed by atoms with van der Waals surface area (Å²) in [4.78, 5) is 29.8. The lowest BCUT2D eigenvalue weighted by Gasteiger charge is -2.42. The smallest absolute Gasteiger partial charge is 0.224 e. The van der Waals surface area contributed by atoms with Gasteiger partial charge in [0.15, 0.2) is 0 Å². The van der Waals surface area contributed by atoms with Crippen LogP contribution in [0.2, 0.25) is 0 Å². The fraction of sp³-hybridized carbons (Fsp3) is 0.950. The second kappa shape index (κ2) is 20.6. The van der Waals surface area contributed by atoms with Gasteiger partial charge in [-0.15, -0.1) is 0 Å². The molecule has 8 heteroatoms. The standard InChI is InChI=1S/C40H77N3O5/c1-37(2,3)33-14-23-42(24-15-33)35(44)13-11-12-19-39(7,8)20-21-40(9,10)34-16-25-43(26-17-34)36(45)18-27-46-29-31-48-32-30-47-28-22-41-38(4,5)6/h33-34,41H,11-32H2,1-10H3. The summed E-state index contributed by atoms with van der Waals surface area (Å²) in [6.07, 6.45) is 11.3. The molecular weight excluding hydrogens is 602 g/mol. The van der Waals surface area contributed by atoms with E-state index in [1.54, 1.807) is 0 Å². The number of ether oxygens (including phenoxy) is 3. The Balaban J connectivity index is 1.52. The van der Waals surface area contributed by atoms with Crippen LogP contribution < -0.4 is 5.32 Å². The lowest BCUT2D eigenvalue weighted by Crippen LogP contribution is -2.42. The minimum Gasteiger partial charge on any atom is -0.379 e. The predicted octanol–water partition coefficient (Wildman–Crippen LogP) is 7.73. The topological polar surface area (TPSA) is 80.3 Å². The molecular formula is C40H77N3O5. The minimum atomic E-state index is 0.110. The molecule has 0 aromatic heterocycles. The Morgan fingerprint density at radius 3 is 1.58 bits per heavy atom. The molecule has 2 aliphatic rings. The van der Waals surface area contributed by atoms with Crippen LogP contribution in [-0.2, 0) is 23.8 Å². The first kappa shape index (κ1) is 42.9. The van der Waals surface area contributed by atoms with Gasteiger partial charge in [-0.05, 0) is 100 Å². The first-order valence-electron chi connectivity index (χ1n) is 19.4. The van der Waals surface area contributed by atoms with Crippen molar-refractivity contribution >= 4 is 11.8 Å². The summed E-state index contributed by atoms with van der Waals surface area (Å²) in [6.45, 7) is 30.8. The van der Waals surface area contributed by atoms with Crippen LogP contribution in [0.4, 0.5) is 0 Å². The highest BCUT2D eigenvalue weighted by Crippen LogP contribution is 2.42. The van der Waals surface area contributed by atoms with Gasteiger partial charge >= 0.3 is 0 Å². The number of amides is 2. The van der Waals surface area contributed by atoms with Crippen molar-refractivity contribution in [1.29, 1.82) is 0 Å². The van der Waals surface area contributed by atoms with Crippen molar-refractivity contribution in [3.8, 4) is 0 Å². The zero-order chi connectivity index (χ0) is 35.8. The van der Waals surface area contributed by atoms with E-state index >= 15 is 0 Å². The van der Waals surface area contributed by atoms with E-state index in [9.17, 15) is 9.59 Å². The first-order chi connectivity index (χ1) is 22.4. The van der Waals surface area contributed by atoms with Crippen LogP contribution in [0.5, 0.6) is 0 Å². The van der Waals surface area contributed by atoms with Gasteiger partial charge in [-0.1, -0.05) is 54.9 Å². The highest BCUT2D eigenvalue weighted by atomic mass is 16.5. The van der Waals surface area contributed by atoms with Gasteiger partial charge in [0.25, 0.3) is 0 Å². The van der Waals surface area contributed by atoms with E-state index in [4.69, 9.17) is 14.2 Å². The summed E-state index contributed by atoms with van der Waals surface area (Å²) in [5, 5.41) is 3.39. The summed E-state index contributed by atoms with van der Waals surface area (Å²) >= 11 is 0. The van der Waals surface area contributed by atoms with Crippen LogP contribution in [0.3, 0.4) is 0 Å².